The number of rotatable bonds is 4. The standard InChI is InChI=1S/C21H16N2O5/c24-19-17-12-4-5-13(9-12)18(17)20(25)23(19)22-10-15-6-7-16(28-15)11-2-1-3-14(8-11)21(26)27/h1-8,10,12-13,17-18H,9H2,(H,26,27)/b22-10-/t12-,13-,17-,18+/m0/s1. The summed E-state index contributed by atoms with van der Waals surface area (Å²) in [7, 11) is 0. The van der Waals surface area contributed by atoms with E-state index in [9.17, 15) is 14.4 Å². The van der Waals surface area contributed by atoms with Crippen LogP contribution in [0.4, 0.5) is 0 Å². The summed E-state index contributed by atoms with van der Waals surface area (Å²) in [6.45, 7) is 0. The Bertz CT molecular complexity index is 1040. The van der Waals surface area contributed by atoms with Crippen LogP contribution in [0.1, 0.15) is 22.5 Å². The quantitative estimate of drug-likeness (QED) is 0.502. The molecule has 2 bridgehead atoms. The number of fused-ring (bicyclic) bond motifs is 5. The first-order valence-corrected chi connectivity index (χ1v) is 9.06. The van der Waals surface area contributed by atoms with Crippen molar-refractivity contribution in [3.63, 3.8) is 0 Å². The maximum absolute atomic E-state index is 12.6. The van der Waals surface area contributed by atoms with E-state index in [1.165, 1.54) is 18.3 Å². The lowest BCUT2D eigenvalue weighted by atomic mass is 9.85. The van der Waals surface area contributed by atoms with Gasteiger partial charge < -0.3 is 9.52 Å². The lowest BCUT2D eigenvalue weighted by molar-refractivity contribution is -0.140. The van der Waals surface area contributed by atoms with Crippen LogP contribution in [-0.2, 0) is 9.59 Å². The van der Waals surface area contributed by atoms with Crippen LogP contribution in [0.25, 0.3) is 11.3 Å². The number of carbonyl (C=O) groups is 3. The van der Waals surface area contributed by atoms with Crippen LogP contribution in [-0.4, -0.2) is 34.1 Å². The molecule has 7 heteroatoms. The number of amides is 2. The topological polar surface area (TPSA) is 100 Å². The van der Waals surface area contributed by atoms with Gasteiger partial charge in [-0.3, -0.25) is 9.59 Å². The molecule has 2 heterocycles. The van der Waals surface area contributed by atoms with Crippen LogP contribution in [0.3, 0.4) is 0 Å². The summed E-state index contributed by atoms with van der Waals surface area (Å²) in [4.78, 5) is 36.3. The third kappa shape index (κ3) is 2.43. The van der Waals surface area contributed by atoms with Crippen LogP contribution in [0.2, 0.25) is 0 Å². The molecule has 2 aromatic rings. The van der Waals surface area contributed by atoms with E-state index in [0.717, 1.165) is 11.4 Å². The minimum absolute atomic E-state index is 0.142. The van der Waals surface area contributed by atoms with E-state index in [2.05, 4.69) is 5.10 Å². The molecule has 2 amide bonds. The van der Waals surface area contributed by atoms with Crippen molar-refractivity contribution in [1.82, 2.24) is 5.01 Å². The molecular weight excluding hydrogens is 360 g/mol. The number of nitrogens with zero attached hydrogens (tertiary/aromatic N) is 2. The SMILES string of the molecule is O=C(O)c1cccc(-c2ccc(/C=N\N3C(=O)[C@@H]4[C@H](C3=O)[C@H]3C=C[C@H]4C3)o2)c1. The van der Waals surface area contributed by atoms with Gasteiger partial charge in [-0.25, -0.2) is 4.79 Å². The fraction of sp³-hybridized carbons (Fsp3) is 0.238. The zero-order valence-electron chi connectivity index (χ0n) is 14.7. The van der Waals surface area contributed by atoms with Crippen molar-refractivity contribution in [1.29, 1.82) is 0 Å². The minimum atomic E-state index is -1.02. The number of carbonyl (C=O) groups excluding carboxylic acids is 2. The zero-order valence-corrected chi connectivity index (χ0v) is 14.7. The van der Waals surface area contributed by atoms with Crippen molar-refractivity contribution in [2.45, 2.75) is 6.42 Å². The third-order valence-corrected chi connectivity index (χ3v) is 5.77. The highest BCUT2D eigenvalue weighted by atomic mass is 16.4. The molecule has 2 fully saturated rings. The molecule has 1 aliphatic heterocycles. The van der Waals surface area contributed by atoms with Crippen molar-refractivity contribution >= 4 is 24.0 Å². The molecule has 3 aliphatic rings. The number of aromatic carboxylic acids is 1. The van der Waals surface area contributed by atoms with Crippen LogP contribution < -0.4 is 0 Å². The van der Waals surface area contributed by atoms with Gasteiger partial charge in [0, 0.05) is 5.56 Å². The number of hydrazone groups is 1. The molecule has 1 aromatic carbocycles. The normalized spacial score (nSPS) is 27.9. The molecular formula is C21H16N2O5. The summed E-state index contributed by atoms with van der Waals surface area (Å²) >= 11 is 0. The van der Waals surface area contributed by atoms with Gasteiger partial charge in [0.15, 0.2) is 0 Å². The summed E-state index contributed by atoms with van der Waals surface area (Å²) in [6, 6.07) is 9.74. The van der Waals surface area contributed by atoms with Crippen LogP contribution in [0.5, 0.6) is 0 Å². The van der Waals surface area contributed by atoms with Gasteiger partial charge >= 0.3 is 5.97 Å². The zero-order chi connectivity index (χ0) is 19.4. The summed E-state index contributed by atoms with van der Waals surface area (Å²) < 4.78 is 5.68. The smallest absolute Gasteiger partial charge is 0.335 e. The van der Waals surface area contributed by atoms with Gasteiger partial charge in [-0.1, -0.05) is 24.3 Å². The Hall–Kier alpha value is -3.48. The second kappa shape index (κ2) is 6.02. The number of hydrogen-bond acceptors (Lipinski definition) is 5. The maximum Gasteiger partial charge on any atom is 0.335 e. The van der Waals surface area contributed by atoms with E-state index >= 15 is 0 Å². The van der Waals surface area contributed by atoms with Crippen LogP contribution >= 0.6 is 0 Å². The lowest BCUT2D eigenvalue weighted by Gasteiger charge is -2.13. The van der Waals surface area contributed by atoms with E-state index in [1.54, 1.807) is 24.3 Å². The number of furan rings is 1. The highest BCUT2D eigenvalue weighted by molar-refractivity contribution is 6.06. The average molecular weight is 376 g/mol. The largest absolute Gasteiger partial charge is 0.478 e. The summed E-state index contributed by atoms with van der Waals surface area (Å²) in [6.07, 6.45) is 6.29. The second-order valence-electron chi connectivity index (χ2n) is 7.32. The summed E-state index contributed by atoms with van der Waals surface area (Å²) in [5, 5.41) is 14.1. The van der Waals surface area contributed by atoms with Gasteiger partial charge in [0.2, 0.25) is 0 Å². The average Bonchev–Trinajstić information content (AvgIpc) is 3.46. The predicted octanol–water partition coefficient (Wildman–Crippen LogP) is 2.79. The van der Waals surface area contributed by atoms with Crippen molar-refractivity contribution < 1.29 is 23.9 Å². The highest BCUT2D eigenvalue weighted by Gasteiger charge is 2.59. The van der Waals surface area contributed by atoms with Gasteiger partial charge in [-0.2, -0.15) is 10.1 Å². The van der Waals surface area contributed by atoms with Gasteiger partial charge in [0.25, 0.3) is 11.8 Å². The van der Waals surface area contributed by atoms with Crippen molar-refractivity contribution in [3.05, 3.63) is 59.9 Å². The van der Waals surface area contributed by atoms with Crippen LogP contribution in [0, 0.1) is 23.7 Å². The second-order valence-corrected chi connectivity index (χ2v) is 7.32. The Morgan fingerprint density at radius 2 is 1.82 bits per heavy atom. The minimum Gasteiger partial charge on any atom is -0.478 e. The fourth-order valence-corrected chi connectivity index (χ4v) is 4.50. The van der Waals surface area contributed by atoms with Crippen LogP contribution in [0.15, 0.2) is 58.1 Å². The monoisotopic (exact) mass is 376 g/mol. The number of benzene rings is 1. The first-order valence-electron chi connectivity index (χ1n) is 9.06. The molecule has 0 unspecified atom stereocenters. The Kier molecular flexibility index (Phi) is 3.58. The van der Waals surface area contributed by atoms with E-state index in [-0.39, 0.29) is 41.0 Å². The first kappa shape index (κ1) is 16.7. The number of hydrogen-bond donors (Lipinski definition) is 1. The van der Waals surface area contributed by atoms with E-state index in [0.29, 0.717) is 17.1 Å². The predicted molar refractivity (Wildman–Crippen MR) is 98.3 cm³/mol. The van der Waals surface area contributed by atoms with E-state index in [1.807, 2.05) is 12.2 Å². The highest BCUT2D eigenvalue weighted by Crippen LogP contribution is 2.52. The van der Waals surface area contributed by atoms with Crippen molar-refractivity contribution in [2.75, 3.05) is 0 Å². The molecule has 7 nitrogen and oxygen atoms in total. The van der Waals surface area contributed by atoms with E-state index < -0.39 is 5.97 Å². The molecule has 140 valence electrons. The van der Waals surface area contributed by atoms with Gasteiger partial charge in [-0.05, 0) is 42.5 Å². The lowest BCUT2D eigenvalue weighted by Crippen LogP contribution is -2.28. The molecule has 5 rings (SSSR count). The maximum atomic E-state index is 12.6. The Morgan fingerprint density at radius 3 is 2.50 bits per heavy atom. The molecule has 2 aliphatic carbocycles. The molecule has 1 N–H and O–H groups in total. The molecule has 0 spiro atoms. The Morgan fingerprint density at radius 1 is 1.11 bits per heavy atom. The summed E-state index contributed by atoms with van der Waals surface area (Å²) in [5.74, 6) is -0.955. The van der Waals surface area contributed by atoms with Crippen molar-refractivity contribution in [2.24, 2.45) is 28.8 Å². The number of carboxylic acid groups (broad SMARTS) is 1. The summed E-state index contributed by atoms with van der Waals surface area (Å²) in [5.41, 5.74) is 0.775. The molecule has 0 radical (unpaired) electrons. The third-order valence-electron chi connectivity index (χ3n) is 5.77. The fourth-order valence-electron chi connectivity index (χ4n) is 4.50. The Labute approximate surface area is 159 Å². The molecule has 4 atom stereocenters. The Balaban J connectivity index is 1.36. The van der Waals surface area contributed by atoms with E-state index in [4.69, 9.17) is 9.52 Å². The number of carboxylic acids is 1. The molecule has 1 aromatic heterocycles. The molecule has 1 saturated carbocycles. The van der Waals surface area contributed by atoms with Gasteiger partial charge in [0.05, 0.1) is 23.6 Å². The first-order chi connectivity index (χ1) is 13.5. The molecule has 1 saturated heterocycles. The van der Waals surface area contributed by atoms with Gasteiger partial charge in [-0.15, -0.1) is 0 Å². The number of imide groups is 1. The number of allylic oxidation sites excluding steroid dienone is 2. The van der Waals surface area contributed by atoms with Gasteiger partial charge in [0.1, 0.15) is 11.5 Å². The molecule has 28 heavy (non-hydrogen) atoms. The van der Waals surface area contributed by atoms with Crippen molar-refractivity contribution in [3.8, 4) is 11.3 Å².